The number of halogens is 1. The van der Waals surface area contributed by atoms with Crippen LogP contribution in [0.2, 0.25) is 0 Å². The maximum Gasteiger partial charge on any atom is 0.415 e. The molecule has 9 heteroatoms. The Bertz CT molecular complexity index is 918. The molecule has 3 rings (SSSR count). The molecule has 1 aromatic heterocycles. The van der Waals surface area contributed by atoms with Crippen molar-refractivity contribution >= 4 is 33.8 Å². The van der Waals surface area contributed by atoms with E-state index in [2.05, 4.69) is 32.8 Å². The summed E-state index contributed by atoms with van der Waals surface area (Å²) >= 11 is 3.48. The van der Waals surface area contributed by atoms with E-state index in [9.17, 15) is 14.4 Å². The van der Waals surface area contributed by atoms with Crippen LogP contribution < -0.4 is 5.32 Å². The van der Waals surface area contributed by atoms with Gasteiger partial charge in [-0.15, -0.1) is 0 Å². The van der Waals surface area contributed by atoms with Crippen LogP contribution in [0.3, 0.4) is 0 Å². The maximum atomic E-state index is 13.9. The van der Waals surface area contributed by atoms with Crippen LogP contribution >= 0.6 is 15.9 Å². The molecule has 1 aliphatic carbocycles. The fraction of sp³-hybridized carbons (Fsp3) is 0.600. The largest absolute Gasteiger partial charge is 0.416 e. The van der Waals surface area contributed by atoms with Gasteiger partial charge >= 0.3 is 6.09 Å². The zero-order valence-corrected chi connectivity index (χ0v) is 21.8. The minimum absolute atomic E-state index is 0.0536. The fourth-order valence-electron chi connectivity index (χ4n) is 4.84. The first-order chi connectivity index (χ1) is 16.2. The molecule has 3 amide bonds. The van der Waals surface area contributed by atoms with E-state index in [1.54, 1.807) is 26.2 Å². The lowest BCUT2D eigenvalue weighted by molar-refractivity contribution is -0.140. The molecule has 2 heterocycles. The van der Waals surface area contributed by atoms with Crippen molar-refractivity contribution in [2.45, 2.75) is 76.9 Å². The summed E-state index contributed by atoms with van der Waals surface area (Å²) in [7, 11) is 1.50. The zero-order chi connectivity index (χ0) is 24.8. The van der Waals surface area contributed by atoms with Crippen molar-refractivity contribution in [1.29, 1.82) is 0 Å². The number of likely N-dealkylation sites (tertiary alicyclic amines) is 1. The molecule has 34 heavy (non-hydrogen) atoms. The predicted octanol–water partition coefficient (Wildman–Crippen LogP) is 4.56. The summed E-state index contributed by atoms with van der Waals surface area (Å²) in [6.07, 6.45) is 9.68. The summed E-state index contributed by atoms with van der Waals surface area (Å²) in [5.74, 6) is -0.0964. The van der Waals surface area contributed by atoms with Crippen molar-refractivity contribution < 1.29 is 19.1 Å². The highest BCUT2D eigenvalue weighted by atomic mass is 79.9. The van der Waals surface area contributed by atoms with Crippen LogP contribution in [0.4, 0.5) is 4.79 Å². The minimum Gasteiger partial charge on any atom is -0.416 e. The van der Waals surface area contributed by atoms with E-state index in [0.717, 1.165) is 55.0 Å². The molecule has 1 saturated carbocycles. The Hall–Kier alpha value is -2.42. The molecule has 0 bridgehead atoms. The third-order valence-corrected chi connectivity index (χ3v) is 7.28. The van der Waals surface area contributed by atoms with Gasteiger partial charge in [-0.3, -0.25) is 19.5 Å². The predicted molar refractivity (Wildman–Crippen MR) is 133 cm³/mol. The lowest BCUT2D eigenvalue weighted by atomic mass is 9.83. The van der Waals surface area contributed by atoms with Crippen LogP contribution in [0.1, 0.15) is 70.4 Å². The van der Waals surface area contributed by atoms with Crippen molar-refractivity contribution in [3.05, 3.63) is 40.8 Å². The summed E-state index contributed by atoms with van der Waals surface area (Å²) in [6.45, 7) is 7.42. The number of likely N-dealkylation sites (N-methyl/N-ethyl adjacent to an activating group) is 1. The highest BCUT2D eigenvalue weighted by molar-refractivity contribution is 9.10. The van der Waals surface area contributed by atoms with E-state index >= 15 is 0 Å². The Balaban J connectivity index is 1.78. The number of amides is 3. The Morgan fingerprint density at radius 1 is 1.21 bits per heavy atom. The number of pyridine rings is 1. The quantitative estimate of drug-likeness (QED) is 0.517. The number of hydrogen-bond donors (Lipinski definition) is 1. The van der Waals surface area contributed by atoms with Crippen molar-refractivity contribution in [3.8, 4) is 0 Å². The molecular weight excluding hydrogens is 500 g/mol. The van der Waals surface area contributed by atoms with Crippen LogP contribution in [-0.2, 0) is 14.3 Å². The number of nitrogens with zero attached hydrogens (tertiary/aromatic N) is 3. The van der Waals surface area contributed by atoms with Crippen molar-refractivity contribution in [1.82, 2.24) is 20.1 Å². The summed E-state index contributed by atoms with van der Waals surface area (Å²) in [5, 5.41) is 3.01. The number of ether oxygens (including phenoxy) is 1. The second-order valence-corrected chi connectivity index (χ2v) is 10.3. The van der Waals surface area contributed by atoms with E-state index in [0.29, 0.717) is 6.54 Å². The van der Waals surface area contributed by atoms with Crippen molar-refractivity contribution in [2.75, 3.05) is 13.6 Å². The molecule has 1 saturated heterocycles. The van der Waals surface area contributed by atoms with Gasteiger partial charge in [0.15, 0.2) is 0 Å². The third-order valence-electron chi connectivity index (χ3n) is 6.84. The van der Waals surface area contributed by atoms with E-state index in [1.165, 1.54) is 11.9 Å². The summed E-state index contributed by atoms with van der Waals surface area (Å²) < 4.78 is 5.91. The van der Waals surface area contributed by atoms with Gasteiger partial charge in [-0.05, 0) is 73.0 Å². The molecule has 2 aliphatic rings. The van der Waals surface area contributed by atoms with E-state index in [-0.39, 0.29) is 29.5 Å². The summed E-state index contributed by atoms with van der Waals surface area (Å²) in [5.41, 5.74) is 0.990. The molecule has 0 aromatic carbocycles. The summed E-state index contributed by atoms with van der Waals surface area (Å²) in [6, 6.07) is 0.517. The monoisotopic (exact) mass is 534 g/mol. The number of nitrogens with one attached hydrogen (secondary N) is 1. The SMILES string of the molecule is C=C(C)OC(=O)N(C)[C@@H](C)C(=O)N[C@H](C(=O)N1CCC[C@H]1c1cncc(Br)c1)C1CCCCC1. The lowest BCUT2D eigenvalue weighted by Crippen LogP contribution is -2.56. The normalized spacial score (nSPS) is 20.4. The van der Waals surface area contributed by atoms with Gasteiger partial charge in [-0.2, -0.15) is 0 Å². The number of hydrogen-bond acceptors (Lipinski definition) is 5. The van der Waals surface area contributed by atoms with Gasteiger partial charge in [0.25, 0.3) is 0 Å². The number of aromatic nitrogens is 1. The average molecular weight is 535 g/mol. The van der Waals surface area contributed by atoms with Crippen LogP contribution in [0, 0.1) is 5.92 Å². The minimum atomic E-state index is -0.797. The Morgan fingerprint density at radius 3 is 2.56 bits per heavy atom. The van der Waals surface area contributed by atoms with Crippen LogP contribution in [0.25, 0.3) is 0 Å². The summed E-state index contributed by atoms with van der Waals surface area (Å²) in [4.78, 5) is 46.7. The second kappa shape index (κ2) is 11.8. The third kappa shape index (κ3) is 6.37. The van der Waals surface area contributed by atoms with Crippen LogP contribution in [-0.4, -0.2) is 58.4 Å². The lowest BCUT2D eigenvalue weighted by Gasteiger charge is -2.36. The zero-order valence-electron chi connectivity index (χ0n) is 20.3. The van der Waals surface area contributed by atoms with Gasteiger partial charge in [-0.1, -0.05) is 25.8 Å². The molecule has 0 radical (unpaired) electrons. The van der Waals surface area contributed by atoms with Crippen LogP contribution in [0.5, 0.6) is 0 Å². The standard InChI is InChI=1S/C25H35BrN4O4/c1-16(2)34-25(33)29(4)17(3)23(31)28-22(18-9-6-5-7-10-18)24(32)30-12-8-11-21(30)19-13-20(26)15-27-14-19/h13-15,17-18,21-22H,1,5-12H2,2-4H3,(H,28,31)/t17-,21-,22-/m0/s1. The van der Waals surface area contributed by atoms with E-state index in [4.69, 9.17) is 4.74 Å². The number of rotatable bonds is 7. The molecular formula is C25H35BrN4O4. The first-order valence-electron chi connectivity index (χ1n) is 12.0. The van der Waals surface area contributed by atoms with E-state index in [1.807, 2.05) is 11.0 Å². The molecule has 0 unspecified atom stereocenters. The average Bonchev–Trinajstić information content (AvgIpc) is 3.31. The molecule has 1 aliphatic heterocycles. The highest BCUT2D eigenvalue weighted by Gasteiger charge is 2.40. The maximum absolute atomic E-state index is 13.9. The molecule has 0 spiro atoms. The second-order valence-electron chi connectivity index (χ2n) is 9.37. The molecule has 8 nitrogen and oxygen atoms in total. The fourth-order valence-corrected chi connectivity index (χ4v) is 5.23. The van der Waals surface area contributed by atoms with Gasteiger partial charge in [0, 0.05) is 30.5 Å². The topological polar surface area (TPSA) is 91.8 Å². The van der Waals surface area contributed by atoms with Crippen LogP contribution in [0.15, 0.2) is 35.3 Å². The van der Waals surface area contributed by atoms with E-state index < -0.39 is 18.2 Å². The Kier molecular flexibility index (Phi) is 9.10. The number of allylic oxidation sites excluding steroid dienone is 1. The van der Waals surface area contributed by atoms with Gasteiger partial charge in [0.1, 0.15) is 12.1 Å². The van der Waals surface area contributed by atoms with Gasteiger partial charge in [0.2, 0.25) is 11.8 Å². The molecule has 2 fully saturated rings. The Morgan fingerprint density at radius 2 is 1.91 bits per heavy atom. The van der Waals surface area contributed by atoms with Crippen molar-refractivity contribution in [3.63, 3.8) is 0 Å². The highest BCUT2D eigenvalue weighted by Crippen LogP contribution is 2.35. The van der Waals surface area contributed by atoms with Gasteiger partial charge in [-0.25, -0.2) is 4.79 Å². The van der Waals surface area contributed by atoms with Crippen molar-refractivity contribution in [2.24, 2.45) is 5.92 Å². The molecule has 3 atom stereocenters. The number of carbonyl (C=O) groups excluding carboxylic acids is 3. The molecule has 1 aromatic rings. The smallest absolute Gasteiger partial charge is 0.415 e. The molecule has 186 valence electrons. The first kappa shape index (κ1) is 26.2. The molecule has 1 N–H and O–H groups in total. The van der Waals surface area contributed by atoms with Gasteiger partial charge in [0.05, 0.1) is 11.8 Å². The first-order valence-corrected chi connectivity index (χ1v) is 12.8. The van der Waals surface area contributed by atoms with Gasteiger partial charge < -0.3 is 15.0 Å². The Labute approximate surface area is 210 Å². The number of carbonyl (C=O) groups is 3.